The maximum absolute atomic E-state index is 12.7. The fourth-order valence-corrected chi connectivity index (χ4v) is 2.21. The first-order chi connectivity index (χ1) is 10.5. The van der Waals surface area contributed by atoms with Gasteiger partial charge in [-0.3, -0.25) is 0 Å². The Kier molecular flexibility index (Phi) is 11.5. The van der Waals surface area contributed by atoms with Crippen molar-refractivity contribution < 1.29 is 13.2 Å². The van der Waals surface area contributed by atoms with E-state index in [-0.39, 0.29) is 30.5 Å². The molecule has 1 aromatic carbocycles. The first kappa shape index (κ1) is 22.4. The van der Waals surface area contributed by atoms with Crippen LogP contribution in [0, 0.1) is 0 Å². The average molecular weight is 461 g/mol. The number of aliphatic imine (C=N–C) groups is 1. The molecule has 1 aromatic rings. The summed E-state index contributed by atoms with van der Waals surface area (Å²) in [4.78, 5) is 4.32. The van der Waals surface area contributed by atoms with E-state index >= 15 is 0 Å². The summed E-state index contributed by atoms with van der Waals surface area (Å²) < 4.78 is 38.0. The van der Waals surface area contributed by atoms with E-state index in [4.69, 9.17) is 0 Å². The fourth-order valence-electron chi connectivity index (χ4n) is 1.78. The van der Waals surface area contributed by atoms with Gasteiger partial charge in [0.1, 0.15) is 0 Å². The van der Waals surface area contributed by atoms with Crippen LogP contribution in [-0.2, 0) is 12.7 Å². The van der Waals surface area contributed by atoms with Gasteiger partial charge in [-0.15, -0.1) is 24.0 Å². The molecule has 0 fully saturated rings. The van der Waals surface area contributed by atoms with Crippen LogP contribution in [0.3, 0.4) is 0 Å². The van der Waals surface area contributed by atoms with Gasteiger partial charge in [0.05, 0.1) is 12.1 Å². The van der Waals surface area contributed by atoms with Crippen LogP contribution in [0.4, 0.5) is 13.2 Å². The molecule has 132 valence electrons. The molecule has 0 bridgehead atoms. The number of hydrogen-bond acceptors (Lipinski definition) is 2. The van der Waals surface area contributed by atoms with Crippen molar-refractivity contribution >= 4 is 41.7 Å². The number of alkyl halides is 3. The van der Waals surface area contributed by atoms with E-state index in [1.807, 2.05) is 13.2 Å². The van der Waals surface area contributed by atoms with Gasteiger partial charge >= 0.3 is 6.18 Å². The smallest absolute Gasteiger partial charge is 0.357 e. The molecular formula is C15H23F3IN3S. The van der Waals surface area contributed by atoms with Gasteiger partial charge in [-0.25, -0.2) is 4.99 Å². The molecule has 0 radical (unpaired) electrons. The van der Waals surface area contributed by atoms with Crippen LogP contribution in [0.2, 0.25) is 0 Å². The van der Waals surface area contributed by atoms with Crippen LogP contribution in [0.5, 0.6) is 0 Å². The number of hydrogen-bond donors (Lipinski definition) is 2. The highest BCUT2D eigenvalue weighted by atomic mass is 127. The summed E-state index contributed by atoms with van der Waals surface area (Å²) in [6, 6.07) is 5.27. The van der Waals surface area contributed by atoms with Gasteiger partial charge in [-0.05, 0) is 43.0 Å². The Morgan fingerprint density at radius 3 is 2.61 bits per heavy atom. The molecule has 0 aromatic heterocycles. The molecule has 0 heterocycles. The van der Waals surface area contributed by atoms with Crippen molar-refractivity contribution in [3.63, 3.8) is 0 Å². The number of halogens is 4. The standard InChI is InChI=1S/C15H22F3N3S.HI/c1-3-19-14(20-8-5-9-22-2)21-11-12-6-4-7-13(10-12)15(16,17)18;/h4,6-7,10H,3,5,8-9,11H2,1-2H3,(H2,19,20,21);1H. The fraction of sp³-hybridized carbons (Fsp3) is 0.533. The molecule has 3 nitrogen and oxygen atoms in total. The Hall–Kier alpha value is -0.640. The van der Waals surface area contributed by atoms with Crippen molar-refractivity contribution in [2.24, 2.45) is 4.99 Å². The summed E-state index contributed by atoms with van der Waals surface area (Å²) in [5.74, 6) is 1.68. The third-order valence-electron chi connectivity index (χ3n) is 2.84. The van der Waals surface area contributed by atoms with Crippen molar-refractivity contribution in [2.75, 3.05) is 25.1 Å². The first-order valence-electron chi connectivity index (χ1n) is 7.14. The third-order valence-corrected chi connectivity index (χ3v) is 3.53. The Labute approximate surface area is 156 Å². The van der Waals surface area contributed by atoms with E-state index in [2.05, 4.69) is 15.6 Å². The molecule has 8 heteroatoms. The van der Waals surface area contributed by atoms with Crippen molar-refractivity contribution in [1.29, 1.82) is 0 Å². The lowest BCUT2D eigenvalue weighted by Gasteiger charge is -2.11. The van der Waals surface area contributed by atoms with Gasteiger partial charge in [-0.1, -0.05) is 12.1 Å². The minimum Gasteiger partial charge on any atom is -0.357 e. The minimum absolute atomic E-state index is 0. The lowest BCUT2D eigenvalue weighted by Crippen LogP contribution is -2.37. The zero-order valence-corrected chi connectivity index (χ0v) is 16.4. The second-order valence-corrected chi connectivity index (χ2v) is 5.65. The van der Waals surface area contributed by atoms with E-state index in [1.54, 1.807) is 17.8 Å². The Morgan fingerprint density at radius 2 is 2.00 bits per heavy atom. The summed E-state index contributed by atoms with van der Waals surface area (Å²) in [6.07, 6.45) is -1.26. The van der Waals surface area contributed by atoms with Crippen LogP contribution in [0.15, 0.2) is 29.3 Å². The predicted molar refractivity (Wildman–Crippen MR) is 103 cm³/mol. The quantitative estimate of drug-likeness (QED) is 0.278. The minimum atomic E-state index is -4.32. The van der Waals surface area contributed by atoms with Crippen molar-refractivity contribution in [3.05, 3.63) is 35.4 Å². The second kappa shape index (κ2) is 11.8. The Morgan fingerprint density at radius 1 is 1.26 bits per heavy atom. The predicted octanol–water partition coefficient (Wildman–Crippen LogP) is 4.13. The number of nitrogens with one attached hydrogen (secondary N) is 2. The molecule has 0 saturated carbocycles. The molecule has 0 amide bonds. The SMILES string of the molecule is CCNC(=NCc1cccc(C(F)(F)F)c1)NCCCSC.I. The van der Waals surface area contributed by atoms with Crippen molar-refractivity contribution in [3.8, 4) is 0 Å². The maximum Gasteiger partial charge on any atom is 0.416 e. The Bertz CT molecular complexity index is 481. The zero-order chi connectivity index (χ0) is 16.4. The van der Waals surface area contributed by atoms with Gasteiger partial charge in [0.2, 0.25) is 0 Å². The van der Waals surface area contributed by atoms with Crippen LogP contribution in [0.25, 0.3) is 0 Å². The highest BCUT2D eigenvalue weighted by Crippen LogP contribution is 2.29. The van der Waals surface area contributed by atoms with Crippen LogP contribution in [0.1, 0.15) is 24.5 Å². The van der Waals surface area contributed by atoms with Crippen LogP contribution < -0.4 is 10.6 Å². The van der Waals surface area contributed by atoms with Gasteiger partial charge < -0.3 is 10.6 Å². The molecule has 1 rings (SSSR count). The number of rotatable bonds is 7. The topological polar surface area (TPSA) is 36.4 Å². The van der Waals surface area contributed by atoms with Gasteiger partial charge in [0.25, 0.3) is 0 Å². The summed E-state index contributed by atoms with van der Waals surface area (Å²) in [5.41, 5.74) is -0.103. The molecule has 23 heavy (non-hydrogen) atoms. The normalized spacial score (nSPS) is 11.8. The van der Waals surface area contributed by atoms with Crippen molar-refractivity contribution in [1.82, 2.24) is 10.6 Å². The van der Waals surface area contributed by atoms with Gasteiger partial charge in [0.15, 0.2) is 5.96 Å². The highest BCUT2D eigenvalue weighted by molar-refractivity contribution is 14.0. The first-order valence-corrected chi connectivity index (χ1v) is 8.54. The maximum atomic E-state index is 12.7. The zero-order valence-electron chi connectivity index (χ0n) is 13.2. The molecule has 0 saturated heterocycles. The molecule has 0 atom stereocenters. The molecule has 0 spiro atoms. The van der Waals surface area contributed by atoms with Crippen molar-refractivity contribution in [2.45, 2.75) is 26.1 Å². The average Bonchev–Trinajstić information content (AvgIpc) is 2.48. The number of nitrogens with zero attached hydrogens (tertiary/aromatic N) is 1. The lowest BCUT2D eigenvalue weighted by molar-refractivity contribution is -0.137. The number of benzene rings is 1. The van der Waals surface area contributed by atoms with E-state index in [0.29, 0.717) is 18.1 Å². The molecule has 0 aliphatic rings. The van der Waals surface area contributed by atoms with Crippen LogP contribution in [-0.4, -0.2) is 31.1 Å². The molecule has 0 unspecified atom stereocenters. The molecular weight excluding hydrogens is 438 g/mol. The summed E-state index contributed by atoms with van der Waals surface area (Å²) in [6.45, 7) is 3.65. The molecule has 0 aliphatic carbocycles. The molecule has 0 aliphatic heterocycles. The number of thioether (sulfide) groups is 1. The van der Waals surface area contributed by atoms with E-state index in [1.165, 1.54) is 6.07 Å². The summed E-state index contributed by atoms with van der Waals surface area (Å²) in [7, 11) is 0. The van der Waals surface area contributed by atoms with E-state index < -0.39 is 11.7 Å². The van der Waals surface area contributed by atoms with E-state index in [0.717, 1.165) is 30.9 Å². The summed E-state index contributed by atoms with van der Waals surface area (Å²) >= 11 is 1.77. The lowest BCUT2D eigenvalue weighted by atomic mass is 10.1. The van der Waals surface area contributed by atoms with E-state index in [9.17, 15) is 13.2 Å². The Balaban J connectivity index is 0.00000484. The van der Waals surface area contributed by atoms with Gasteiger partial charge in [0, 0.05) is 13.1 Å². The summed E-state index contributed by atoms with van der Waals surface area (Å²) in [5, 5.41) is 6.26. The monoisotopic (exact) mass is 461 g/mol. The highest BCUT2D eigenvalue weighted by Gasteiger charge is 2.30. The second-order valence-electron chi connectivity index (χ2n) is 4.67. The number of guanidine groups is 1. The third kappa shape index (κ3) is 9.29. The van der Waals surface area contributed by atoms with Crippen LogP contribution >= 0.6 is 35.7 Å². The van der Waals surface area contributed by atoms with Gasteiger partial charge in [-0.2, -0.15) is 24.9 Å². The molecule has 2 N–H and O–H groups in total. The largest absolute Gasteiger partial charge is 0.416 e.